The van der Waals surface area contributed by atoms with Gasteiger partial charge in [0.1, 0.15) is 0 Å². The van der Waals surface area contributed by atoms with Gasteiger partial charge in [-0.25, -0.2) is 0 Å². The van der Waals surface area contributed by atoms with Crippen LogP contribution in [-0.2, 0) is 11.2 Å². The predicted octanol–water partition coefficient (Wildman–Crippen LogP) is 2.74. The molecular weight excluding hydrogens is 224 g/mol. The van der Waals surface area contributed by atoms with Crippen molar-refractivity contribution in [3.63, 3.8) is 0 Å². The van der Waals surface area contributed by atoms with Crippen LogP contribution in [0.25, 0.3) is 0 Å². The molecule has 0 aromatic heterocycles. The largest absolute Gasteiger partial charge is 0.325 e. The first-order valence-corrected chi connectivity index (χ1v) is 6.70. The first-order valence-electron chi connectivity index (χ1n) is 6.70. The van der Waals surface area contributed by atoms with E-state index in [1.807, 2.05) is 32.9 Å². The summed E-state index contributed by atoms with van der Waals surface area (Å²) in [5, 5.41) is 6.26. The van der Waals surface area contributed by atoms with Gasteiger partial charge < -0.3 is 10.6 Å². The molecule has 0 spiro atoms. The number of amides is 1. The summed E-state index contributed by atoms with van der Waals surface area (Å²) in [7, 11) is 0. The van der Waals surface area contributed by atoms with Crippen molar-refractivity contribution in [2.75, 3.05) is 18.4 Å². The number of anilines is 1. The van der Waals surface area contributed by atoms with Crippen molar-refractivity contribution < 1.29 is 4.79 Å². The molecule has 1 aromatic carbocycles. The minimum absolute atomic E-state index is 0.0192. The van der Waals surface area contributed by atoms with Crippen LogP contribution < -0.4 is 10.6 Å². The molecule has 0 aliphatic carbocycles. The van der Waals surface area contributed by atoms with Crippen molar-refractivity contribution in [3.8, 4) is 0 Å². The van der Waals surface area contributed by atoms with Crippen molar-refractivity contribution in [2.24, 2.45) is 5.92 Å². The SMILES string of the molecule is CCNCC(C)C(=O)Nc1c(C)cccc1CC. The summed E-state index contributed by atoms with van der Waals surface area (Å²) >= 11 is 0. The van der Waals surface area contributed by atoms with Crippen molar-refractivity contribution in [1.82, 2.24) is 5.32 Å². The molecule has 2 N–H and O–H groups in total. The summed E-state index contributed by atoms with van der Waals surface area (Å²) in [4.78, 5) is 12.1. The summed E-state index contributed by atoms with van der Waals surface area (Å²) in [6, 6.07) is 6.13. The number of rotatable bonds is 6. The van der Waals surface area contributed by atoms with Gasteiger partial charge in [0.15, 0.2) is 0 Å². The van der Waals surface area contributed by atoms with Gasteiger partial charge in [0.2, 0.25) is 5.91 Å². The van der Waals surface area contributed by atoms with Crippen molar-refractivity contribution >= 4 is 11.6 Å². The molecule has 0 saturated carbocycles. The summed E-state index contributed by atoms with van der Waals surface area (Å²) < 4.78 is 0. The fraction of sp³-hybridized carbons (Fsp3) is 0.533. The molecule has 1 atom stereocenters. The van der Waals surface area contributed by atoms with Gasteiger partial charge in [-0.05, 0) is 31.0 Å². The molecule has 1 rings (SSSR count). The highest BCUT2D eigenvalue weighted by atomic mass is 16.1. The summed E-state index contributed by atoms with van der Waals surface area (Å²) in [5.74, 6) is 0.0641. The van der Waals surface area contributed by atoms with Crippen LogP contribution in [0.5, 0.6) is 0 Å². The number of hydrogen-bond acceptors (Lipinski definition) is 2. The third-order valence-corrected chi connectivity index (χ3v) is 3.14. The fourth-order valence-electron chi connectivity index (χ4n) is 1.90. The van der Waals surface area contributed by atoms with Gasteiger partial charge in [-0.2, -0.15) is 0 Å². The Morgan fingerprint density at radius 2 is 2.06 bits per heavy atom. The van der Waals surface area contributed by atoms with E-state index in [0.717, 1.165) is 30.8 Å². The van der Waals surface area contributed by atoms with E-state index in [4.69, 9.17) is 0 Å². The van der Waals surface area contributed by atoms with Gasteiger partial charge in [-0.15, -0.1) is 0 Å². The number of nitrogens with one attached hydrogen (secondary N) is 2. The first-order chi connectivity index (χ1) is 8.60. The van der Waals surface area contributed by atoms with Crippen LogP contribution in [0.1, 0.15) is 31.9 Å². The van der Waals surface area contributed by atoms with Gasteiger partial charge in [-0.1, -0.05) is 39.0 Å². The zero-order valence-electron chi connectivity index (χ0n) is 11.8. The molecule has 0 bridgehead atoms. The van der Waals surface area contributed by atoms with E-state index in [0.29, 0.717) is 0 Å². The molecule has 0 radical (unpaired) electrons. The quantitative estimate of drug-likeness (QED) is 0.812. The molecule has 18 heavy (non-hydrogen) atoms. The number of benzene rings is 1. The Kier molecular flexibility index (Phi) is 5.86. The Hall–Kier alpha value is -1.35. The molecule has 100 valence electrons. The molecule has 3 heteroatoms. The van der Waals surface area contributed by atoms with Gasteiger partial charge in [0.05, 0.1) is 0 Å². The molecular formula is C15H24N2O. The maximum absolute atomic E-state index is 12.1. The number of aryl methyl sites for hydroxylation is 2. The summed E-state index contributed by atoms with van der Waals surface area (Å²) in [6.07, 6.45) is 0.929. The van der Waals surface area contributed by atoms with Gasteiger partial charge in [0, 0.05) is 18.2 Å². The van der Waals surface area contributed by atoms with Crippen LogP contribution in [0.15, 0.2) is 18.2 Å². The average molecular weight is 248 g/mol. The predicted molar refractivity (Wildman–Crippen MR) is 76.9 cm³/mol. The van der Waals surface area contributed by atoms with Gasteiger partial charge in [0.25, 0.3) is 0 Å². The Bertz CT molecular complexity index is 401. The number of carbonyl (C=O) groups excluding carboxylic acids is 1. The zero-order chi connectivity index (χ0) is 13.5. The van der Waals surface area contributed by atoms with Crippen LogP contribution in [0.4, 0.5) is 5.69 Å². The lowest BCUT2D eigenvalue weighted by Crippen LogP contribution is -2.30. The van der Waals surface area contributed by atoms with Crippen molar-refractivity contribution in [3.05, 3.63) is 29.3 Å². The molecule has 0 saturated heterocycles. The Morgan fingerprint density at radius 3 is 2.67 bits per heavy atom. The van der Waals surface area contributed by atoms with Crippen molar-refractivity contribution in [2.45, 2.75) is 34.1 Å². The third kappa shape index (κ3) is 3.84. The standard InChI is InChI=1S/C15H24N2O/c1-5-13-9-7-8-11(3)14(13)17-15(18)12(4)10-16-6-2/h7-9,12,16H,5-6,10H2,1-4H3,(H,17,18). The normalized spacial score (nSPS) is 12.2. The van der Waals surface area contributed by atoms with Crippen LogP contribution in [0.3, 0.4) is 0 Å². The van der Waals surface area contributed by atoms with E-state index >= 15 is 0 Å². The minimum Gasteiger partial charge on any atom is -0.325 e. The van der Waals surface area contributed by atoms with Crippen molar-refractivity contribution in [1.29, 1.82) is 0 Å². The molecule has 0 aliphatic heterocycles. The molecule has 0 heterocycles. The van der Waals surface area contributed by atoms with Crippen LogP contribution >= 0.6 is 0 Å². The summed E-state index contributed by atoms with van der Waals surface area (Å²) in [6.45, 7) is 9.73. The number of hydrogen-bond donors (Lipinski definition) is 2. The lowest BCUT2D eigenvalue weighted by Gasteiger charge is -2.16. The molecule has 3 nitrogen and oxygen atoms in total. The van der Waals surface area contributed by atoms with E-state index in [9.17, 15) is 4.79 Å². The molecule has 1 unspecified atom stereocenters. The Balaban J connectivity index is 2.75. The highest BCUT2D eigenvalue weighted by molar-refractivity contribution is 5.94. The topological polar surface area (TPSA) is 41.1 Å². The summed E-state index contributed by atoms with van der Waals surface area (Å²) in [5.41, 5.74) is 3.30. The highest BCUT2D eigenvalue weighted by Gasteiger charge is 2.14. The Morgan fingerprint density at radius 1 is 1.33 bits per heavy atom. The number of para-hydroxylation sites is 1. The molecule has 1 amide bonds. The lowest BCUT2D eigenvalue weighted by atomic mass is 10.0. The fourth-order valence-corrected chi connectivity index (χ4v) is 1.90. The van der Waals surface area contributed by atoms with Crippen LogP contribution in [0, 0.1) is 12.8 Å². The van der Waals surface area contributed by atoms with E-state index in [1.165, 1.54) is 5.56 Å². The zero-order valence-corrected chi connectivity index (χ0v) is 11.8. The van der Waals surface area contributed by atoms with E-state index in [1.54, 1.807) is 0 Å². The lowest BCUT2D eigenvalue weighted by molar-refractivity contribution is -0.119. The first kappa shape index (κ1) is 14.7. The molecule has 1 aromatic rings. The van der Waals surface area contributed by atoms with E-state index in [2.05, 4.69) is 23.6 Å². The maximum Gasteiger partial charge on any atom is 0.228 e. The molecule has 0 fully saturated rings. The maximum atomic E-state index is 12.1. The van der Waals surface area contributed by atoms with Crippen LogP contribution in [0.2, 0.25) is 0 Å². The third-order valence-electron chi connectivity index (χ3n) is 3.14. The Labute approximate surface area is 110 Å². The van der Waals surface area contributed by atoms with E-state index < -0.39 is 0 Å². The monoisotopic (exact) mass is 248 g/mol. The van der Waals surface area contributed by atoms with Gasteiger partial charge in [-0.3, -0.25) is 4.79 Å². The highest BCUT2D eigenvalue weighted by Crippen LogP contribution is 2.21. The second-order valence-electron chi connectivity index (χ2n) is 4.66. The smallest absolute Gasteiger partial charge is 0.228 e. The van der Waals surface area contributed by atoms with Gasteiger partial charge >= 0.3 is 0 Å². The molecule has 0 aliphatic rings. The second kappa shape index (κ2) is 7.17. The minimum atomic E-state index is -0.0192. The average Bonchev–Trinajstić information content (AvgIpc) is 2.38. The van der Waals surface area contributed by atoms with E-state index in [-0.39, 0.29) is 11.8 Å². The number of carbonyl (C=O) groups is 1. The van der Waals surface area contributed by atoms with Crippen LogP contribution in [-0.4, -0.2) is 19.0 Å². The second-order valence-corrected chi connectivity index (χ2v) is 4.66.